The Morgan fingerprint density at radius 3 is 1.54 bits per heavy atom. The first kappa shape index (κ1) is 67.6. The Balaban J connectivity index is 0. The number of benzene rings is 1. The summed E-state index contributed by atoms with van der Waals surface area (Å²) in [5.41, 5.74) is 15.2. The number of carbonyl (C=O) groups excluding carboxylic acids is 4. The van der Waals surface area contributed by atoms with Crippen molar-refractivity contribution in [1.82, 2.24) is 0 Å². The summed E-state index contributed by atoms with van der Waals surface area (Å²) in [4.78, 5) is 50.0. The number of ether oxygens (including phenoxy) is 5. The fraction of sp³-hybridized carbons (Fsp3) is 0.600. The van der Waals surface area contributed by atoms with Crippen LogP contribution in [0.15, 0.2) is 42.5 Å². The molecule has 2 aromatic rings. The van der Waals surface area contributed by atoms with Crippen LogP contribution in [0.1, 0.15) is 125 Å². The van der Waals surface area contributed by atoms with Gasteiger partial charge in [0.15, 0.2) is 0 Å². The van der Waals surface area contributed by atoms with E-state index >= 15 is 0 Å². The summed E-state index contributed by atoms with van der Waals surface area (Å²) in [6, 6.07) is 9.68. The second-order valence-corrected chi connectivity index (χ2v) is 16.9. The smallest absolute Gasteiger partial charge is 0.550 e. The van der Waals surface area contributed by atoms with Crippen LogP contribution in [-0.2, 0) is 42.9 Å². The van der Waals surface area contributed by atoms with Crippen LogP contribution in [0, 0.1) is 48.3 Å². The maximum absolute atomic E-state index is 12.3. The van der Waals surface area contributed by atoms with Crippen LogP contribution in [0.25, 0.3) is 0 Å². The molecule has 0 spiro atoms. The van der Waals surface area contributed by atoms with E-state index in [4.69, 9.17) is 45.7 Å². The maximum Gasteiger partial charge on any atom is 1.00 e. The molecule has 0 fully saturated rings. The summed E-state index contributed by atoms with van der Waals surface area (Å²) in [5.74, 6) is -5.60. The van der Waals surface area contributed by atoms with Gasteiger partial charge in [-0.15, -0.1) is 11.3 Å². The predicted molar refractivity (Wildman–Crippen MR) is 256 cm³/mol. The van der Waals surface area contributed by atoms with E-state index in [2.05, 4.69) is 18.7 Å². The van der Waals surface area contributed by atoms with Gasteiger partial charge in [-0.3, -0.25) is 9.59 Å². The van der Waals surface area contributed by atoms with Crippen molar-refractivity contribution in [2.45, 2.75) is 118 Å². The van der Waals surface area contributed by atoms with Gasteiger partial charge in [0.1, 0.15) is 35.2 Å². The number of carboxylic acid groups (broad SMARTS) is 2. The van der Waals surface area contributed by atoms with Gasteiger partial charge >= 0.3 is 71.1 Å². The number of nitrogen functional groups attached to an aromatic ring is 2. The van der Waals surface area contributed by atoms with Gasteiger partial charge < -0.3 is 59.9 Å². The van der Waals surface area contributed by atoms with E-state index < -0.39 is 35.7 Å². The summed E-state index contributed by atoms with van der Waals surface area (Å²) >= 11 is 1.16. The minimum absolute atomic E-state index is 0. The Hall–Kier alpha value is -3.46. The first-order valence-corrected chi connectivity index (χ1v) is 24.2. The van der Waals surface area contributed by atoms with Crippen molar-refractivity contribution in [3.8, 4) is 12.1 Å². The summed E-state index contributed by atoms with van der Waals surface area (Å²) in [5, 5.41) is 40.5. The van der Waals surface area contributed by atoms with Crippen LogP contribution in [0.3, 0.4) is 0 Å². The van der Waals surface area contributed by atoms with Gasteiger partial charge in [-0.1, -0.05) is 76.7 Å². The van der Waals surface area contributed by atoms with Gasteiger partial charge in [0.2, 0.25) is 0 Å². The van der Waals surface area contributed by atoms with Crippen LogP contribution in [-0.4, -0.2) is 89.8 Å². The number of aryl methyl sites for hydroxylation is 1. The van der Waals surface area contributed by atoms with E-state index in [1.165, 1.54) is 12.8 Å². The molecule has 1 aromatic heterocycles. The molecule has 1 aromatic carbocycles. The Bertz CT molecular complexity index is 1900. The second-order valence-electron chi connectivity index (χ2n) is 15.9. The van der Waals surface area contributed by atoms with Crippen molar-refractivity contribution >= 4 is 51.6 Å². The number of allylic oxidation sites excluding steroid dienone is 4. The minimum atomic E-state index is -1.27. The number of nitriles is 2. The molecule has 0 saturated carbocycles. The Morgan fingerprint density at radius 2 is 1.14 bits per heavy atom. The monoisotopic (exact) mass is 997 g/mol. The van der Waals surface area contributed by atoms with Crippen molar-refractivity contribution in [3.63, 3.8) is 0 Å². The number of carboxylic acids is 2. The van der Waals surface area contributed by atoms with E-state index in [1.54, 1.807) is 19.1 Å². The van der Waals surface area contributed by atoms with Crippen LogP contribution in [0.5, 0.6) is 0 Å². The molecule has 2 rings (SSSR count). The molecule has 0 bridgehead atoms. The van der Waals surface area contributed by atoms with E-state index in [0.29, 0.717) is 59.6 Å². The first-order valence-electron chi connectivity index (χ1n) is 23.4. The molecule has 1 heterocycles. The second kappa shape index (κ2) is 43.3. The molecular weight excluding hydrogens is 925 g/mol. The SMILES string of the molecule is CCCCCC/C=C/CC(CC(=O)OCCOCCOCCN(CCOCCOC(=O)CC(C/C=C/CCCCCC)C(=O)[O-])c1ccc(N)c(C)c1)C(=O)[O-].Cc1c(C#N)sc(N)c1C#N.[Na+].[Na+]. The maximum atomic E-state index is 12.3. The number of aliphatic carboxylic acids is 2. The summed E-state index contributed by atoms with van der Waals surface area (Å²) < 4.78 is 27.3. The van der Waals surface area contributed by atoms with Gasteiger partial charge in [0.05, 0.1) is 58.0 Å². The molecule has 372 valence electrons. The Morgan fingerprint density at radius 1 is 0.681 bits per heavy atom. The molecule has 0 aliphatic rings. The summed E-state index contributed by atoms with van der Waals surface area (Å²) in [6.45, 7) is 10.7. The molecule has 2 atom stereocenters. The van der Waals surface area contributed by atoms with Crippen molar-refractivity contribution in [2.24, 2.45) is 11.8 Å². The number of nitrogens with zero attached hydrogens (tertiary/aromatic N) is 3. The van der Waals surface area contributed by atoms with Gasteiger partial charge in [-0.25, -0.2) is 0 Å². The summed E-state index contributed by atoms with van der Waals surface area (Å²) in [7, 11) is 0. The van der Waals surface area contributed by atoms with Crippen molar-refractivity contribution in [2.75, 3.05) is 82.3 Å². The van der Waals surface area contributed by atoms with Crippen molar-refractivity contribution in [1.29, 1.82) is 10.5 Å². The predicted octanol–water partition coefficient (Wildman–Crippen LogP) is 0.256. The summed E-state index contributed by atoms with van der Waals surface area (Å²) in [6.07, 6.45) is 18.3. The number of esters is 2. The molecule has 69 heavy (non-hydrogen) atoms. The van der Waals surface area contributed by atoms with Crippen LogP contribution in [0.4, 0.5) is 16.4 Å². The average molecular weight is 998 g/mol. The topological polar surface area (TPSA) is 263 Å². The quantitative estimate of drug-likeness (QED) is 0.0305. The number of rotatable bonds is 36. The van der Waals surface area contributed by atoms with Crippen LogP contribution < -0.4 is 85.7 Å². The number of thiophene rings is 1. The standard InChI is InChI=1S/C43H70N2O11.C7H5N3S.2Na/c1-4-6-8-10-12-14-16-18-36(42(48)49)33-40(46)55-30-28-53-25-23-45(38-20-21-39(44)35(3)32-38)22-24-52-26-27-54-29-31-56-41(47)34-37(43(50)51)19-17-15-13-11-9-7-5-2;1-4-5(2-8)7(10)11-6(4)3-9;;/h14-17,20-21,32,36-37H,4-13,18-19,22-31,33-34,44H2,1-3H3,(H,48,49)(H,50,51);10H2,1H3;;/q;;2*+1/p-2/b16-14+,17-15+;;;. The molecule has 0 amide bonds. The fourth-order valence-electron chi connectivity index (χ4n) is 6.39. The Labute approximate surface area is 458 Å². The molecule has 19 heteroatoms. The van der Waals surface area contributed by atoms with Crippen LogP contribution in [0.2, 0.25) is 0 Å². The zero-order valence-corrected chi connectivity index (χ0v) is 46.9. The number of anilines is 3. The molecule has 0 radical (unpaired) electrons. The number of hydrogen-bond donors (Lipinski definition) is 2. The molecule has 2 unspecified atom stereocenters. The van der Waals surface area contributed by atoms with Gasteiger partial charge in [0.25, 0.3) is 0 Å². The fourth-order valence-corrected chi connectivity index (χ4v) is 7.21. The van der Waals surface area contributed by atoms with E-state index in [9.17, 15) is 29.4 Å². The number of carbonyl (C=O) groups is 4. The minimum Gasteiger partial charge on any atom is -0.550 e. The van der Waals surface area contributed by atoms with Gasteiger partial charge in [0, 0.05) is 48.2 Å². The van der Waals surface area contributed by atoms with E-state index in [1.807, 2.05) is 49.4 Å². The van der Waals surface area contributed by atoms with Crippen molar-refractivity contribution < 1.29 is 112 Å². The molecular formula is C50H73N5Na2O11S. The molecule has 16 nitrogen and oxygen atoms in total. The average Bonchev–Trinajstić information content (AvgIpc) is 3.59. The molecule has 4 N–H and O–H groups in total. The third kappa shape index (κ3) is 32.2. The first-order chi connectivity index (χ1) is 32.3. The zero-order valence-electron chi connectivity index (χ0n) is 42.1. The van der Waals surface area contributed by atoms with E-state index in [-0.39, 0.29) is 118 Å². The number of nitrogens with two attached hydrogens (primary N) is 2. The third-order valence-corrected chi connectivity index (χ3v) is 11.5. The van der Waals surface area contributed by atoms with Gasteiger partial charge in [-0.05, 0) is 81.7 Å². The third-order valence-electron chi connectivity index (χ3n) is 10.5. The molecule has 0 aliphatic carbocycles. The van der Waals surface area contributed by atoms with Gasteiger partial charge in [-0.2, -0.15) is 10.5 Å². The number of unbranched alkanes of at least 4 members (excludes halogenated alkanes) is 8. The molecule has 0 aliphatic heterocycles. The Kier molecular flexibility index (Phi) is 42.5. The number of hydrogen-bond acceptors (Lipinski definition) is 17. The normalized spacial score (nSPS) is 11.6. The van der Waals surface area contributed by atoms with E-state index in [0.717, 1.165) is 74.0 Å². The molecule has 0 saturated heterocycles. The van der Waals surface area contributed by atoms with Crippen LogP contribution >= 0.6 is 11.3 Å². The zero-order chi connectivity index (χ0) is 49.7. The largest absolute Gasteiger partial charge is 1.00 e. The van der Waals surface area contributed by atoms with Crippen molar-refractivity contribution in [3.05, 3.63) is 64.1 Å².